The highest BCUT2D eigenvalue weighted by Crippen LogP contribution is 2.26. The lowest BCUT2D eigenvalue weighted by atomic mass is 10.0. The van der Waals surface area contributed by atoms with Crippen molar-refractivity contribution >= 4 is 22.7 Å². The molecular weight excluding hydrogens is 390 g/mol. The van der Waals surface area contributed by atoms with E-state index in [1.807, 2.05) is 32.0 Å². The number of nitrogens with zero attached hydrogens (tertiary/aromatic N) is 2. The monoisotopic (exact) mass is 413 g/mol. The number of nitro benzene ring substituents is 1. The van der Waals surface area contributed by atoms with E-state index in [-0.39, 0.29) is 36.2 Å². The first-order valence-corrected chi connectivity index (χ1v) is 9.52. The number of fused-ring (bicyclic) bond motifs is 1. The van der Waals surface area contributed by atoms with Crippen LogP contribution in [0.2, 0.25) is 0 Å². The van der Waals surface area contributed by atoms with Crippen molar-refractivity contribution in [3.8, 4) is 5.75 Å². The normalized spacial score (nSPS) is 12.0. The number of ether oxygens (including phenoxy) is 1. The number of hydrogen-bond donors (Lipinski definition) is 1. The van der Waals surface area contributed by atoms with Gasteiger partial charge in [-0.2, -0.15) is 0 Å². The maximum atomic E-state index is 12.4. The summed E-state index contributed by atoms with van der Waals surface area (Å²) in [4.78, 5) is 34.8. The topological polar surface area (TPSA) is 117 Å². The lowest BCUT2D eigenvalue weighted by molar-refractivity contribution is -0.384. The van der Waals surface area contributed by atoms with Gasteiger partial charge in [0.2, 0.25) is 5.91 Å². The summed E-state index contributed by atoms with van der Waals surface area (Å²) in [6, 6.07) is 9.57. The Morgan fingerprint density at radius 3 is 2.77 bits per heavy atom. The minimum absolute atomic E-state index is 0.150. The standard InChI is InChI=1S/C21H23N3O6/c1-13-6-9-18(29-3)16(11-13)14(2)22-20(25)5-4-10-23-17-8-7-15(24(27)28)12-19(17)30-21(23)26/h6-9,11-12,14H,4-5,10H2,1-3H3,(H,22,25)/t14-/m1/s1. The number of benzene rings is 2. The second-order valence-electron chi connectivity index (χ2n) is 7.07. The van der Waals surface area contributed by atoms with E-state index in [9.17, 15) is 19.7 Å². The van der Waals surface area contributed by atoms with Crippen LogP contribution in [0.5, 0.6) is 5.75 Å². The van der Waals surface area contributed by atoms with E-state index < -0.39 is 10.7 Å². The first-order chi connectivity index (χ1) is 14.3. The van der Waals surface area contributed by atoms with E-state index in [1.165, 1.54) is 22.8 Å². The fourth-order valence-electron chi connectivity index (χ4n) is 3.36. The molecule has 0 spiro atoms. The summed E-state index contributed by atoms with van der Waals surface area (Å²) >= 11 is 0. The van der Waals surface area contributed by atoms with Crippen LogP contribution in [-0.2, 0) is 11.3 Å². The lowest BCUT2D eigenvalue weighted by Gasteiger charge is -2.18. The number of amides is 1. The van der Waals surface area contributed by atoms with Crippen LogP contribution in [0.4, 0.5) is 5.69 Å². The van der Waals surface area contributed by atoms with Gasteiger partial charge in [0.1, 0.15) is 5.75 Å². The summed E-state index contributed by atoms with van der Waals surface area (Å²) in [6.07, 6.45) is 0.625. The molecule has 0 fully saturated rings. The molecule has 3 rings (SSSR count). The van der Waals surface area contributed by atoms with Crippen molar-refractivity contribution < 1.29 is 18.9 Å². The lowest BCUT2D eigenvalue weighted by Crippen LogP contribution is -2.27. The van der Waals surface area contributed by atoms with E-state index in [4.69, 9.17) is 9.15 Å². The highest BCUT2D eigenvalue weighted by Gasteiger charge is 2.16. The van der Waals surface area contributed by atoms with E-state index in [0.29, 0.717) is 17.7 Å². The smallest absolute Gasteiger partial charge is 0.419 e. The third kappa shape index (κ3) is 4.51. The summed E-state index contributed by atoms with van der Waals surface area (Å²) in [5, 5.41) is 13.8. The summed E-state index contributed by atoms with van der Waals surface area (Å²) in [5.74, 6) is -0.0507. The van der Waals surface area contributed by atoms with Gasteiger partial charge in [-0.1, -0.05) is 17.7 Å². The molecular formula is C21H23N3O6. The average Bonchev–Trinajstić information content (AvgIpc) is 3.02. The van der Waals surface area contributed by atoms with Crippen LogP contribution in [0.1, 0.15) is 36.9 Å². The number of nitrogens with one attached hydrogen (secondary N) is 1. The van der Waals surface area contributed by atoms with Crippen molar-refractivity contribution in [1.82, 2.24) is 9.88 Å². The van der Waals surface area contributed by atoms with Gasteiger partial charge in [0.25, 0.3) is 5.69 Å². The van der Waals surface area contributed by atoms with Crippen LogP contribution >= 0.6 is 0 Å². The number of methoxy groups -OCH3 is 1. The van der Waals surface area contributed by atoms with Gasteiger partial charge in [-0.15, -0.1) is 0 Å². The summed E-state index contributed by atoms with van der Waals surface area (Å²) in [5.41, 5.74) is 2.42. The Balaban J connectivity index is 1.62. The quantitative estimate of drug-likeness (QED) is 0.446. The summed E-state index contributed by atoms with van der Waals surface area (Å²) in [6.45, 7) is 4.12. The highest BCUT2D eigenvalue weighted by atomic mass is 16.6. The van der Waals surface area contributed by atoms with Crippen molar-refractivity contribution in [3.05, 3.63) is 68.2 Å². The third-order valence-electron chi connectivity index (χ3n) is 4.88. The molecule has 9 heteroatoms. The van der Waals surface area contributed by atoms with Gasteiger partial charge in [0.05, 0.1) is 29.7 Å². The Hall–Kier alpha value is -3.62. The maximum absolute atomic E-state index is 12.4. The highest BCUT2D eigenvalue weighted by molar-refractivity contribution is 5.77. The van der Waals surface area contributed by atoms with Crippen LogP contribution in [0, 0.1) is 17.0 Å². The molecule has 3 aromatic rings. The van der Waals surface area contributed by atoms with Crippen molar-refractivity contribution in [2.24, 2.45) is 0 Å². The number of hydrogen-bond acceptors (Lipinski definition) is 6. The molecule has 0 aliphatic heterocycles. The number of aromatic nitrogens is 1. The number of nitro groups is 1. The molecule has 0 aliphatic carbocycles. The number of rotatable bonds is 8. The number of carbonyl (C=O) groups is 1. The van der Waals surface area contributed by atoms with Crippen molar-refractivity contribution in [3.63, 3.8) is 0 Å². The molecule has 0 aliphatic rings. The Morgan fingerprint density at radius 1 is 1.30 bits per heavy atom. The number of oxazole rings is 1. The van der Waals surface area contributed by atoms with Crippen LogP contribution in [0.3, 0.4) is 0 Å². The first kappa shape index (κ1) is 21.1. The molecule has 2 aromatic carbocycles. The second-order valence-corrected chi connectivity index (χ2v) is 7.07. The van der Waals surface area contributed by atoms with E-state index >= 15 is 0 Å². The minimum atomic E-state index is -0.608. The van der Waals surface area contributed by atoms with Gasteiger partial charge < -0.3 is 14.5 Å². The molecule has 1 heterocycles. The van der Waals surface area contributed by atoms with Crippen molar-refractivity contribution in [2.45, 2.75) is 39.3 Å². The Kier molecular flexibility index (Phi) is 6.20. The second kappa shape index (κ2) is 8.81. The molecule has 1 N–H and O–H groups in total. The molecule has 0 unspecified atom stereocenters. The van der Waals surface area contributed by atoms with Gasteiger partial charge >= 0.3 is 5.76 Å². The predicted molar refractivity (Wildman–Crippen MR) is 111 cm³/mol. The van der Waals surface area contributed by atoms with Gasteiger partial charge in [-0.25, -0.2) is 4.79 Å². The largest absolute Gasteiger partial charge is 0.496 e. The number of non-ortho nitro benzene ring substituents is 1. The average molecular weight is 413 g/mol. The van der Waals surface area contributed by atoms with E-state index in [2.05, 4.69) is 5.32 Å². The van der Waals surface area contributed by atoms with E-state index in [1.54, 1.807) is 7.11 Å². The molecule has 158 valence electrons. The Bertz CT molecular complexity index is 1150. The molecule has 9 nitrogen and oxygen atoms in total. The molecule has 0 saturated carbocycles. The fraction of sp³-hybridized carbons (Fsp3) is 0.333. The zero-order valence-electron chi connectivity index (χ0n) is 17.0. The first-order valence-electron chi connectivity index (χ1n) is 9.52. The Labute approximate surface area is 172 Å². The van der Waals surface area contributed by atoms with Gasteiger partial charge in [-0.3, -0.25) is 19.5 Å². The molecule has 0 bridgehead atoms. The van der Waals surface area contributed by atoms with Crippen LogP contribution < -0.4 is 15.8 Å². The Morgan fingerprint density at radius 2 is 2.07 bits per heavy atom. The molecule has 0 radical (unpaired) electrons. The molecule has 1 atom stereocenters. The van der Waals surface area contributed by atoms with Crippen LogP contribution in [0.15, 0.2) is 45.6 Å². The van der Waals surface area contributed by atoms with Crippen molar-refractivity contribution in [2.75, 3.05) is 7.11 Å². The van der Waals surface area contributed by atoms with Crippen LogP contribution in [0.25, 0.3) is 11.1 Å². The third-order valence-corrected chi connectivity index (χ3v) is 4.88. The number of carbonyl (C=O) groups excluding carboxylic acids is 1. The summed E-state index contributed by atoms with van der Waals surface area (Å²) < 4.78 is 11.8. The van der Waals surface area contributed by atoms with E-state index in [0.717, 1.165) is 11.1 Å². The zero-order valence-corrected chi connectivity index (χ0v) is 17.0. The van der Waals surface area contributed by atoms with Gasteiger partial charge in [0.15, 0.2) is 5.58 Å². The molecule has 0 saturated heterocycles. The van der Waals surface area contributed by atoms with Crippen molar-refractivity contribution in [1.29, 1.82) is 0 Å². The SMILES string of the molecule is COc1ccc(C)cc1[C@@H](C)NC(=O)CCCn1c(=O)oc2cc([N+](=O)[O-])ccc21. The van der Waals surface area contributed by atoms with Crippen LogP contribution in [-0.4, -0.2) is 22.5 Å². The summed E-state index contributed by atoms with van der Waals surface area (Å²) in [7, 11) is 1.59. The van der Waals surface area contributed by atoms with Gasteiger partial charge in [-0.05, 0) is 32.4 Å². The predicted octanol–water partition coefficient (Wildman–Crippen LogP) is 3.48. The fourth-order valence-corrected chi connectivity index (χ4v) is 3.36. The van der Waals surface area contributed by atoms with Gasteiger partial charge in [0, 0.05) is 24.6 Å². The molecule has 30 heavy (non-hydrogen) atoms. The maximum Gasteiger partial charge on any atom is 0.419 e. The molecule has 1 amide bonds. The molecule has 1 aromatic heterocycles. The zero-order chi connectivity index (χ0) is 21.8. The number of aryl methyl sites for hydroxylation is 2. The minimum Gasteiger partial charge on any atom is -0.496 e.